The first-order chi connectivity index (χ1) is 16.4. The predicted octanol–water partition coefficient (Wildman–Crippen LogP) is 3.73. The number of ether oxygens (including phenoxy) is 3. The van der Waals surface area contributed by atoms with Crippen LogP contribution in [0.1, 0.15) is 16.8 Å². The molecular weight excluding hydrogens is 498 g/mol. The summed E-state index contributed by atoms with van der Waals surface area (Å²) in [6, 6.07) is 5.09. The number of carbonyl (C=O) groups is 1. The van der Waals surface area contributed by atoms with Crippen molar-refractivity contribution < 1.29 is 28.3 Å². The molecular formula is C22H27N3O6S3. The van der Waals surface area contributed by atoms with Crippen molar-refractivity contribution in [3.63, 3.8) is 0 Å². The summed E-state index contributed by atoms with van der Waals surface area (Å²) >= 11 is 0. The molecule has 1 atom stereocenters. The number of carbonyl (C=O) groups excluding carboxylic acids is 1. The van der Waals surface area contributed by atoms with E-state index >= 15 is 0 Å². The highest BCUT2D eigenvalue weighted by atomic mass is 33.1. The molecule has 0 aliphatic rings. The van der Waals surface area contributed by atoms with Crippen LogP contribution in [-0.4, -0.2) is 68.9 Å². The van der Waals surface area contributed by atoms with E-state index in [-0.39, 0.29) is 24.1 Å². The Morgan fingerprint density at radius 3 is 2.65 bits per heavy atom. The molecule has 0 amide bonds. The Labute approximate surface area is 208 Å². The maximum absolute atomic E-state index is 13.4. The van der Waals surface area contributed by atoms with Crippen LogP contribution in [0.2, 0.25) is 0 Å². The molecule has 0 radical (unpaired) electrons. The number of nitrogens with zero attached hydrogens (tertiary/aromatic N) is 3. The molecule has 1 unspecified atom stereocenters. The molecule has 1 N–H and O–H groups in total. The minimum atomic E-state index is -1.69. The average Bonchev–Trinajstić information content (AvgIpc) is 3.22. The Balaban J connectivity index is 1.90. The number of fused-ring (bicyclic) bond motifs is 1. The van der Waals surface area contributed by atoms with Gasteiger partial charge in [0.05, 0.1) is 54.1 Å². The molecule has 12 heteroatoms. The minimum Gasteiger partial charge on any atom is -0.497 e. The first-order valence-electron chi connectivity index (χ1n) is 10.4. The van der Waals surface area contributed by atoms with Gasteiger partial charge in [0.15, 0.2) is 0 Å². The Hall–Kier alpha value is -2.28. The van der Waals surface area contributed by atoms with Gasteiger partial charge in [-0.1, -0.05) is 21.6 Å². The molecule has 184 valence electrons. The largest absolute Gasteiger partial charge is 0.497 e. The van der Waals surface area contributed by atoms with Crippen molar-refractivity contribution >= 4 is 49.5 Å². The lowest BCUT2D eigenvalue weighted by Gasteiger charge is -2.12. The fraction of sp³-hybridized carbons (Fsp3) is 0.409. The third-order valence-electron chi connectivity index (χ3n) is 4.88. The van der Waals surface area contributed by atoms with Crippen LogP contribution in [0, 0.1) is 13.8 Å². The third kappa shape index (κ3) is 6.04. The summed E-state index contributed by atoms with van der Waals surface area (Å²) < 4.78 is 30.8. The van der Waals surface area contributed by atoms with Crippen molar-refractivity contribution in [2.45, 2.75) is 24.8 Å². The summed E-state index contributed by atoms with van der Waals surface area (Å²) in [5.41, 5.74) is 3.22. The van der Waals surface area contributed by atoms with E-state index in [4.69, 9.17) is 19.3 Å². The van der Waals surface area contributed by atoms with Crippen molar-refractivity contribution in [1.82, 2.24) is 14.5 Å². The quantitative estimate of drug-likeness (QED) is 0.293. The number of rotatable bonds is 11. The van der Waals surface area contributed by atoms with Crippen LogP contribution in [0.5, 0.6) is 11.5 Å². The van der Waals surface area contributed by atoms with E-state index in [2.05, 4.69) is 9.97 Å². The summed E-state index contributed by atoms with van der Waals surface area (Å²) in [4.78, 5) is 21.9. The van der Waals surface area contributed by atoms with Gasteiger partial charge in [-0.2, -0.15) is 0 Å². The third-order valence-corrected chi connectivity index (χ3v) is 8.45. The molecule has 0 bridgehead atoms. The standard InChI is InChI=1S/C22H27N3O6S3/c1-14-12-23-18(15(2)20(14)30-4)13-34(28)21-24-17-6-5-16(29-3)11-19(17)25(21)22(27)31-8-10-33-32-9-7-26/h5-6,11-12,26H,7-10,13H2,1-4H3. The molecule has 0 spiro atoms. The van der Waals surface area contributed by atoms with Crippen molar-refractivity contribution in [3.8, 4) is 11.5 Å². The number of pyridine rings is 1. The predicted molar refractivity (Wildman–Crippen MR) is 135 cm³/mol. The zero-order valence-corrected chi connectivity index (χ0v) is 21.8. The normalized spacial score (nSPS) is 12.0. The van der Waals surface area contributed by atoms with Crippen LogP contribution in [-0.2, 0) is 21.3 Å². The molecule has 34 heavy (non-hydrogen) atoms. The number of imidazole rings is 1. The maximum Gasteiger partial charge on any atom is 0.420 e. The topological polar surface area (TPSA) is 113 Å². The van der Waals surface area contributed by atoms with E-state index in [0.717, 1.165) is 11.1 Å². The van der Waals surface area contributed by atoms with Crippen molar-refractivity contribution in [3.05, 3.63) is 41.2 Å². The number of aliphatic hydroxyl groups excluding tert-OH is 1. The monoisotopic (exact) mass is 525 g/mol. The second-order valence-electron chi connectivity index (χ2n) is 7.10. The Morgan fingerprint density at radius 2 is 1.94 bits per heavy atom. The van der Waals surface area contributed by atoms with Crippen LogP contribution >= 0.6 is 21.6 Å². The van der Waals surface area contributed by atoms with E-state index in [0.29, 0.717) is 39.7 Å². The molecule has 0 saturated carbocycles. The van der Waals surface area contributed by atoms with Crippen molar-refractivity contribution in [2.75, 3.05) is 38.9 Å². The van der Waals surface area contributed by atoms with Gasteiger partial charge in [-0.3, -0.25) is 9.19 Å². The fourth-order valence-electron chi connectivity index (χ4n) is 3.28. The average molecular weight is 526 g/mol. The summed E-state index contributed by atoms with van der Waals surface area (Å²) in [6.07, 6.45) is 1.01. The fourth-order valence-corrected chi connectivity index (χ4v) is 6.12. The first kappa shape index (κ1) is 26.3. The van der Waals surface area contributed by atoms with Crippen molar-refractivity contribution in [2.24, 2.45) is 0 Å². The van der Waals surface area contributed by atoms with Gasteiger partial charge in [-0.25, -0.2) is 14.3 Å². The van der Waals surface area contributed by atoms with Gasteiger partial charge in [-0.15, -0.1) is 0 Å². The number of aromatic nitrogens is 3. The molecule has 3 aromatic rings. The molecule has 0 aliphatic carbocycles. The number of aliphatic hydroxyl groups is 1. The zero-order chi connectivity index (χ0) is 24.7. The van der Waals surface area contributed by atoms with Crippen LogP contribution in [0.15, 0.2) is 29.6 Å². The summed E-state index contributed by atoms with van der Waals surface area (Å²) in [6.45, 7) is 4.01. The lowest BCUT2D eigenvalue weighted by molar-refractivity contribution is 0.153. The van der Waals surface area contributed by atoms with E-state index in [1.807, 2.05) is 13.8 Å². The first-order valence-corrected chi connectivity index (χ1v) is 14.2. The molecule has 1 aromatic carbocycles. The Morgan fingerprint density at radius 1 is 1.18 bits per heavy atom. The second kappa shape index (κ2) is 12.4. The van der Waals surface area contributed by atoms with Gasteiger partial charge >= 0.3 is 6.09 Å². The minimum absolute atomic E-state index is 0.0594. The van der Waals surface area contributed by atoms with Gasteiger partial charge in [0.2, 0.25) is 5.16 Å². The Bertz CT molecular complexity index is 1180. The smallest absolute Gasteiger partial charge is 0.420 e. The SMILES string of the molecule is COc1ccc2nc(S(=O)Cc3ncc(C)c(OC)c3C)n(C(=O)OCCSSCCO)c2c1. The van der Waals surface area contributed by atoms with Gasteiger partial charge in [0.1, 0.15) is 18.1 Å². The van der Waals surface area contributed by atoms with Crippen LogP contribution in [0.25, 0.3) is 11.0 Å². The van der Waals surface area contributed by atoms with Crippen LogP contribution in [0.3, 0.4) is 0 Å². The van der Waals surface area contributed by atoms with E-state index < -0.39 is 16.9 Å². The van der Waals surface area contributed by atoms with Gasteiger partial charge in [0, 0.05) is 34.9 Å². The highest BCUT2D eigenvalue weighted by molar-refractivity contribution is 8.76. The van der Waals surface area contributed by atoms with Crippen LogP contribution in [0.4, 0.5) is 4.79 Å². The van der Waals surface area contributed by atoms with Gasteiger partial charge in [0.25, 0.3) is 0 Å². The molecule has 0 saturated heterocycles. The lowest BCUT2D eigenvalue weighted by Crippen LogP contribution is -2.19. The lowest BCUT2D eigenvalue weighted by atomic mass is 10.1. The van der Waals surface area contributed by atoms with E-state index in [1.165, 1.54) is 33.3 Å². The molecule has 3 rings (SSSR count). The molecule has 0 fully saturated rings. The zero-order valence-electron chi connectivity index (χ0n) is 19.4. The number of methoxy groups -OCH3 is 2. The molecule has 0 aliphatic heterocycles. The summed E-state index contributed by atoms with van der Waals surface area (Å²) in [7, 11) is 4.42. The Kier molecular flexibility index (Phi) is 9.63. The highest BCUT2D eigenvalue weighted by Gasteiger charge is 2.24. The van der Waals surface area contributed by atoms with Gasteiger partial charge in [-0.05, 0) is 26.0 Å². The second-order valence-corrected chi connectivity index (χ2v) is 11.1. The van der Waals surface area contributed by atoms with Gasteiger partial charge < -0.3 is 19.3 Å². The van der Waals surface area contributed by atoms with Crippen LogP contribution < -0.4 is 9.47 Å². The number of aryl methyl sites for hydroxylation is 1. The van der Waals surface area contributed by atoms with Crippen molar-refractivity contribution in [1.29, 1.82) is 0 Å². The molecule has 2 aromatic heterocycles. The number of hydrogen-bond donors (Lipinski definition) is 1. The molecule has 9 nitrogen and oxygen atoms in total. The number of benzene rings is 1. The summed E-state index contributed by atoms with van der Waals surface area (Å²) in [5, 5.41) is 8.93. The van der Waals surface area contributed by atoms with E-state index in [9.17, 15) is 9.00 Å². The summed E-state index contributed by atoms with van der Waals surface area (Å²) in [5.74, 6) is 2.44. The highest BCUT2D eigenvalue weighted by Crippen LogP contribution is 2.28. The van der Waals surface area contributed by atoms with E-state index in [1.54, 1.807) is 31.5 Å². The maximum atomic E-state index is 13.4. The molecule has 2 heterocycles. The number of hydrogen-bond acceptors (Lipinski definition) is 10.